The molecule has 1 aliphatic heterocycles. The van der Waals surface area contributed by atoms with Gasteiger partial charge in [-0.25, -0.2) is 4.98 Å². The highest BCUT2D eigenvalue weighted by atomic mass is 16.5. The number of hydrogen-bond donors (Lipinski definition) is 1. The summed E-state index contributed by atoms with van der Waals surface area (Å²) in [5, 5.41) is 2.91. The number of ether oxygens (including phenoxy) is 2. The molecule has 0 saturated carbocycles. The quantitative estimate of drug-likeness (QED) is 0.593. The van der Waals surface area contributed by atoms with Crippen LogP contribution in [0.4, 0.5) is 5.69 Å². The molecule has 1 amide bonds. The number of imidazole rings is 1. The van der Waals surface area contributed by atoms with Crippen LogP contribution in [-0.4, -0.2) is 47.2 Å². The minimum Gasteiger partial charge on any atom is -0.497 e. The minimum absolute atomic E-state index is 0.0615. The fraction of sp³-hybridized carbons (Fsp3) is 0.417. The highest BCUT2D eigenvalue weighted by Gasteiger charge is 2.16. The van der Waals surface area contributed by atoms with Crippen LogP contribution in [0.25, 0.3) is 11.0 Å². The molecule has 2 heterocycles. The van der Waals surface area contributed by atoms with E-state index in [-0.39, 0.29) is 12.5 Å². The third kappa shape index (κ3) is 5.17. The first-order chi connectivity index (χ1) is 15.2. The average molecular weight is 423 g/mol. The van der Waals surface area contributed by atoms with Crippen molar-refractivity contribution in [1.29, 1.82) is 0 Å². The molecule has 7 nitrogen and oxygen atoms in total. The van der Waals surface area contributed by atoms with Gasteiger partial charge < -0.3 is 19.4 Å². The normalized spacial score (nSPS) is 14.5. The van der Waals surface area contributed by atoms with Crippen molar-refractivity contribution in [3.63, 3.8) is 0 Å². The van der Waals surface area contributed by atoms with Gasteiger partial charge in [-0.3, -0.25) is 9.69 Å². The molecule has 1 saturated heterocycles. The predicted molar refractivity (Wildman–Crippen MR) is 122 cm³/mol. The Kier molecular flexibility index (Phi) is 6.72. The molecule has 0 unspecified atom stereocenters. The molecule has 1 N–H and O–H groups in total. The molecule has 3 aromatic rings. The first-order valence-corrected chi connectivity index (χ1v) is 10.9. The van der Waals surface area contributed by atoms with E-state index < -0.39 is 0 Å². The fourth-order valence-electron chi connectivity index (χ4n) is 4.07. The van der Waals surface area contributed by atoms with Crippen LogP contribution < -0.4 is 14.8 Å². The van der Waals surface area contributed by atoms with Gasteiger partial charge in [-0.05, 0) is 75.3 Å². The lowest BCUT2D eigenvalue weighted by atomic mass is 10.1. The van der Waals surface area contributed by atoms with Crippen LogP contribution in [0.2, 0.25) is 0 Å². The second-order valence-corrected chi connectivity index (χ2v) is 7.82. The van der Waals surface area contributed by atoms with Crippen LogP contribution in [0.5, 0.6) is 11.5 Å². The van der Waals surface area contributed by atoms with Crippen LogP contribution in [-0.2, 0) is 17.9 Å². The number of likely N-dealkylation sites (tertiary alicyclic amines) is 1. The Bertz CT molecular complexity index is 1020. The number of piperidine rings is 1. The van der Waals surface area contributed by atoms with Crippen molar-refractivity contribution in [3.8, 4) is 11.5 Å². The number of nitrogens with one attached hydrogen (secondary N) is 1. The molecule has 0 aliphatic carbocycles. The molecule has 164 valence electrons. The summed E-state index contributed by atoms with van der Waals surface area (Å²) in [5.74, 6) is 2.25. The minimum atomic E-state index is -0.210. The number of carbonyl (C=O) groups excluding carboxylic acids is 1. The first-order valence-electron chi connectivity index (χ1n) is 10.9. The molecule has 31 heavy (non-hydrogen) atoms. The number of carbonyl (C=O) groups is 1. The molecule has 0 bridgehead atoms. The summed E-state index contributed by atoms with van der Waals surface area (Å²) in [6.45, 7) is 6.12. The molecule has 0 radical (unpaired) electrons. The molecular weight excluding hydrogens is 392 g/mol. The Labute approximate surface area is 183 Å². The summed E-state index contributed by atoms with van der Waals surface area (Å²) in [7, 11) is 1.61. The largest absolute Gasteiger partial charge is 0.497 e. The third-order valence-corrected chi connectivity index (χ3v) is 5.67. The van der Waals surface area contributed by atoms with Gasteiger partial charge in [0.1, 0.15) is 17.3 Å². The topological polar surface area (TPSA) is 68.6 Å². The third-order valence-electron chi connectivity index (χ3n) is 5.67. The number of rotatable bonds is 8. The second kappa shape index (κ2) is 9.83. The summed E-state index contributed by atoms with van der Waals surface area (Å²) in [6, 6.07) is 13.0. The molecule has 0 spiro atoms. The lowest BCUT2D eigenvalue weighted by Gasteiger charge is -2.26. The molecule has 7 heteroatoms. The number of nitrogens with zero attached hydrogens (tertiary/aromatic N) is 3. The molecule has 1 aliphatic rings. The van der Waals surface area contributed by atoms with Crippen LogP contribution in [0, 0.1) is 0 Å². The zero-order chi connectivity index (χ0) is 21.6. The van der Waals surface area contributed by atoms with E-state index in [4.69, 9.17) is 14.5 Å². The number of anilines is 1. The monoisotopic (exact) mass is 422 g/mol. The Morgan fingerprint density at radius 1 is 1.06 bits per heavy atom. The van der Waals surface area contributed by atoms with E-state index in [9.17, 15) is 4.79 Å². The first kappa shape index (κ1) is 21.2. The Morgan fingerprint density at radius 3 is 2.52 bits per heavy atom. The second-order valence-electron chi connectivity index (χ2n) is 7.82. The van der Waals surface area contributed by atoms with Gasteiger partial charge in [-0.1, -0.05) is 6.42 Å². The van der Waals surface area contributed by atoms with Crippen molar-refractivity contribution in [2.24, 2.45) is 0 Å². The molecule has 4 rings (SSSR count). The maximum atomic E-state index is 12.3. The van der Waals surface area contributed by atoms with Gasteiger partial charge in [0, 0.05) is 12.2 Å². The Morgan fingerprint density at radius 2 is 1.81 bits per heavy atom. The molecular formula is C24H30N4O3. The van der Waals surface area contributed by atoms with Crippen LogP contribution in [0.1, 0.15) is 32.0 Å². The standard InChI is InChI=1S/C24H30N4O3/c1-3-28-22-12-7-18(15-21(22)26-23(28)16-27-13-5-4-6-14-27)25-24(29)17-31-20-10-8-19(30-2)9-11-20/h7-12,15H,3-6,13-14,16-17H2,1-2H3,(H,25,29). The zero-order valence-electron chi connectivity index (χ0n) is 18.3. The molecule has 0 atom stereocenters. The van der Waals surface area contributed by atoms with E-state index in [1.165, 1.54) is 19.3 Å². The van der Waals surface area contributed by atoms with Crippen molar-refractivity contribution < 1.29 is 14.3 Å². The lowest BCUT2D eigenvalue weighted by molar-refractivity contribution is -0.118. The van der Waals surface area contributed by atoms with Crippen LogP contribution in [0.15, 0.2) is 42.5 Å². The Balaban J connectivity index is 1.41. The highest BCUT2D eigenvalue weighted by Crippen LogP contribution is 2.23. The molecule has 2 aromatic carbocycles. The number of amides is 1. The van der Waals surface area contributed by atoms with Gasteiger partial charge in [0.2, 0.25) is 0 Å². The van der Waals surface area contributed by atoms with Gasteiger partial charge in [-0.15, -0.1) is 0 Å². The van der Waals surface area contributed by atoms with E-state index in [2.05, 4.69) is 21.7 Å². The van der Waals surface area contributed by atoms with Crippen molar-refractivity contribution in [2.45, 2.75) is 39.3 Å². The maximum absolute atomic E-state index is 12.3. The van der Waals surface area contributed by atoms with Crippen molar-refractivity contribution in [3.05, 3.63) is 48.3 Å². The zero-order valence-corrected chi connectivity index (χ0v) is 18.3. The highest BCUT2D eigenvalue weighted by molar-refractivity contribution is 5.94. The van der Waals surface area contributed by atoms with Crippen molar-refractivity contribution in [2.75, 3.05) is 32.1 Å². The van der Waals surface area contributed by atoms with E-state index in [1.54, 1.807) is 31.4 Å². The number of hydrogen-bond acceptors (Lipinski definition) is 5. The lowest BCUT2D eigenvalue weighted by Crippen LogP contribution is -2.30. The van der Waals surface area contributed by atoms with Gasteiger partial charge in [0.05, 0.1) is 24.7 Å². The Hall–Kier alpha value is -3.06. The maximum Gasteiger partial charge on any atom is 0.262 e. The SMILES string of the molecule is CCn1c(CN2CCCCC2)nc2cc(NC(=O)COc3ccc(OC)cc3)ccc21. The molecule has 1 fully saturated rings. The predicted octanol–water partition coefficient (Wildman–Crippen LogP) is 4.07. The van der Waals surface area contributed by atoms with E-state index >= 15 is 0 Å². The number of aryl methyl sites for hydroxylation is 1. The van der Waals surface area contributed by atoms with Crippen LogP contribution >= 0.6 is 0 Å². The number of methoxy groups -OCH3 is 1. The fourth-order valence-corrected chi connectivity index (χ4v) is 4.07. The number of fused-ring (bicyclic) bond motifs is 1. The summed E-state index contributed by atoms with van der Waals surface area (Å²) in [6.07, 6.45) is 3.86. The smallest absolute Gasteiger partial charge is 0.262 e. The van der Waals surface area contributed by atoms with Gasteiger partial charge in [0.15, 0.2) is 6.61 Å². The average Bonchev–Trinajstić information content (AvgIpc) is 3.14. The molecule has 1 aromatic heterocycles. The summed E-state index contributed by atoms with van der Waals surface area (Å²) in [4.78, 5) is 19.7. The van der Waals surface area contributed by atoms with E-state index in [0.29, 0.717) is 5.75 Å². The van der Waals surface area contributed by atoms with Crippen molar-refractivity contribution >= 4 is 22.6 Å². The van der Waals surface area contributed by atoms with Gasteiger partial charge in [0.25, 0.3) is 5.91 Å². The summed E-state index contributed by atoms with van der Waals surface area (Å²) < 4.78 is 12.9. The van der Waals surface area contributed by atoms with Gasteiger partial charge >= 0.3 is 0 Å². The van der Waals surface area contributed by atoms with Crippen molar-refractivity contribution in [1.82, 2.24) is 14.5 Å². The number of benzene rings is 2. The number of aromatic nitrogens is 2. The summed E-state index contributed by atoms with van der Waals surface area (Å²) >= 11 is 0. The van der Waals surface area contributed by atoms with Crippen LogP contribution in [0.3, 0.4) is 0 Å². The van der Waals surface area contributed by atoms with E-state index in [1.807, 2.05) is 18.2 Å². The van der Waals surface area contributed by atoms with E-state index in [0.717, 1.165) is 54.5 Å². The van der Waals surface area contributed by atoms with Gasteiger partial charge in [-0.2, -0.15) is 0 Å². The summed E-state index contributed by atoms with van der Waals surface area (Å²) in [5.41, 5.74) is 2.73.